The number of rotatable bonds is 7. The molecular formula is C34H37N5O4S. The fourth-order valence-electron chi connectivity index (χ4n) is 5.60. The Morgan fingerprint density at radius 1 is 1.00 bits per heavy atom. The molecule has 0 bridgehead atoms. The van der Waals surface area contributed by atoms with Crippen molar-refractivity contribution in [3.05, 3.63) is 101 Å². The standard InChI is InChI=1S/C34H37N5O4S/c1-20-18-24(21(2)38(20)27-14-9-8-12-23(27)31(40)43-7)30-29(26-13-10-11-17-35-26)37-33(44)39(30)22-15-16-25(28(19-22)42-6)36-32(41)34(3,4)5/h8-19,29-30H,1-7H3,(H,36,41)(H,37,44)/t29-,30+/m0/s1. The van der Waals surface area contributed by atoms with Gasteiger partial charge < -0.3 is 29.6 Å². The van der Waals surface area contributed by atoms with Gasteiger partial charge in [-0.3, -0.25) is 9.78 Å². The number of nitrogens with zero attached hydrogens (tertiary/aromatic N) is 3. The van der Waals surface area contributed by atoms with Crippen LogP contribution in [0.4, 0.5) is 11.4 Å². The van der Waals surface area contributed by atoms with Crippen LogP contribution in [-0.4, -0.2) is 40.8 Å². The third-order valence-corrected chi connectivity index (χ3v) is 8.14. The second kappa shape index (κ2) is 12.1. The molecule has 0 saturated carbocycles. The Morgan fingerprint density at radius 2 is 1.73 bits per heavy atom. The zero-order chi connectivity index (χ0) is 31.8. The molecule has 2 N–H and O–H groups in total. The molecule has 2 aromatic heterocycles. The molecule has 1 saturated heterocycles. The van der Waals surface area contributed by atoms with E-state index in [1.165, 1.54) is 7.11 Å². The number of hydrogen-bond donors (Lipinski definition) is 2. The van der Waals surface area contributed by atoms with Crippen LogP contribution in [0.1, 0.15) is 65.9 Å². The van der Waals surface area contributed by atoms with Crippen LogP contribution in [0.25, 0.3) is 5.69 Å². The first-order valence-corrected chi connectivity index (χ1v) is 14.7. The van der Waals surface area contributed by atoms with Crippen molar-refractivity contribution in [2.75, 3.05) is 24.4 Å². The normalized spacial score (nSPS) is 16.4. The average Bonchev–Trinajstić information content (AvgIpc) is 3.51. The second-order valence-electron chi connectivity index (χ2n) is 11.8. The summed E-state index contributed by atoms with van der Waals surface area (Å²) in [5, 5.41) is 7.02. The van der Waals surface area contributed by atoms with Gasteiger partial charge in [-0.2, -0.15) is 0 Å². The molecule has 0 aliphatic carbocycles. The van der Waals surface area contributed by atoms with E-state index in [0.29, 0.717) is 22.1 Å². The van der Waals surface area contributed by atoms with Crippen LogP contribution >= 0.6 is 12.2 Å². The predicted octanol–water partition coefficient (Wildman–Crippen LogP) is 6.45. The van der Waals surface area contributed by atoms with Crippen molar-refractivity contribution in [1.82, 2.24) is 14.9 Å². The Hall–Kier alpha value is -4.70. The van der Waals surface area contributed by atoms with Gasteiger partial charge in [-0.15, -0.1) is 0 Å². The SMILES string of the molecule is COC(=O)c1ccccc1-n1c(C)cc([C@@H]2[C@H](c3ccccn3)NC(=S)N2c2ccc(NC(=O)C(C)(C)C)c(OC)c2)c1C. The maximum atomic E-state index is 12.8. The highest BCUT2D eigenvalue weighted by Crippen LogP contribution is 2.45. The number of benzene rings is 2. The van der Waals surface area contributed by atoms with E-state index in [0.717, 1.165) is 34.0 Å². The van der Waals surface area contributed by atoms with Crippen LogP contribution in [-0.2, 0) is 9.53 Å². The van der Waals surface area contributed by atoms with Crippen molar-refractivity contribution in [2.45, 2.75) is 46.7 Å². The van der Waals surface area contributed by atoms with Gasteiger partial charge in [-0.1, -0.05) is 39.0 Å². The van der Waals surface area contributed by atoms with Gasteiger partial charge in [0, 0.05) is 34.8 Å². The summed E-state index contributed by atoms with van der Waals surface area (Å²) in [4.78, 5) is 32.2. The molecule has 1 aliphatic rings. The number of pyridine rings is 1. The smallest absolute Gasteiger partial charge is 0.339 e. The zero-order valence-corrected chi connectivity index (χ0v) is 26.8. The Balaban J connectivity index is 1.65. The molecule has 2 aromatic carbocycles. The molecule has 0 radical (unpaired) electrons. The number of para-hydroxylation sites is 1. The molecule has 9 nitrogen and oxygen atoms in total. The minimum Gasteiger partial charge on any atom is -0.494 e. The summed E-state index contributed by atoms with van der Waals surface area (Å²) in [6.45, 7) is 9.64. The van der Waals surface area contributed by atoms with Crippen molar-refractivity contribution in [3.63, 3.8) is 0 Å². The van der Waals surface area contributed by atoms with Gasteiger partial charge in [0.05, 0.1) is 48.9 Å². The summed E-state index contributed by atoms with van der Waals surface area (Å²) in [6, 6.07) is 20.4. The molecule has 10 heteroatoms. The minimum absolute atomic E-state index is 0.116. The average molecular weight is 612 g/mol. The fraction of sp³-hybridized carbons (Fsp3) is 0.294. The molecule has 0 unspecified atom stereocenters. The number of carbonyl (C=O) groups is 2. The Kier molecular flexibility index (Phi) is 8.47. The molecule has 2 atom stereocenters. The fourth-order valence-corrected chi connectivity index (χ4v) is 5.95. The van der Waals surface area contributed by atoms with Gasteiger partial charge in [0.2, 0.25) is 5.91 Å². The third kappa shape index (κ3) is 5.65. The van der Waals surface area contributed by atoms with Gasteiger partial charge in [-0.05, 0) is 74.1 Å². The molecule has 228 valence electrons. The lowest BCUT2D eigenvalue weighted by Crippen LogP contribution is -2.30. The molecule has 1 aliphatic heterocycles. The summed E-state index contributed by atoms with van der Waals surface area (Å²) in [5.74, 6) is -0.00724. The topological polar surface area (TPSA) is 97.7 Å². The highest BCUT2D eigenvalue weighted by Gasteiger charge is 2.42. The molecule has 0 spiro atoms. The lowest BCUT2D eigenvalue weighted by molar-refractivity contribution is -0.123. The van der Waals surface area contributed by atoms with Crippen LogP contribution in [0, 0.1) is 19.3 Å². The number of ether oxygens (including phenoxy) is 2. The summed E-state index contributed by atoms with van der Waals surface area (Å²) in [5.41, 5.74) is 5.74. The number of aromatic nitrogens is 2. The highest BCUT2D eigenvalue weighted by molar-refractivity contribution is 7.80. The number of methoxy groups -OCH3 is 2. The maximum Gasteiger partial charge on any atom is 0.339 e. The minimum atomic E-state index is -0.569. The van der Waals surface area contributed by atoms with E-state index in [1.54, 1.807) is 19.4 Å². The molecule has 1 fully saturated rings. The molecular weight excluding hydrogens is 574 g/mol. The van der Waals surface area contributed by atoms with Crippen LogP contribution in [0.15, 0.2) is 72.9 Å². The quantitative estimate of drug-likeness (QED) is 0.182. The first-order chi connectivity index (χ1) is 21.0. The number of carbonyl (C=O) groups excluding carboxylic acids is 2. The number of esters is 1. The monoisotopic (exact) mass is 611 g/mol. The van der Waals surface area contributed by atoms with Crippen molar-refractivity contribution in [1.29, 1.82) is 0 Å². The van der Waals surface area contributed by atoms with E-state index in [1.807, 2.05) is 89.2 Å². The van der Waals surface area contributed by atoms with Crippen molar-refractivity contribution < 1.29 is 19.1 Å². The summed E-state index contributed by atoms with van der Waals surface area (Å²) in [7, 11) is 2.96. The van der Waals surface area contributed by atoms with Crippen LogP contribution in [0.2, 0.25) is 0 Å². The van der Waals surface area contributed by atoms with E-state index < -0.39 is 11.4 Å². The maximum absolute atomic E-state index is 12.8. The van der Waals surface area contributed by atoms with Crippen molar-refractivity contribution in [2.24, 2.45) is 5.41 Å². The van der Waals surface area contributed by atoms with Crippen LogP contribution in [0.5, 0.6) is 5.75 Å². The molecule has 5 rings (SSSR count). The van der Waals surface area contributed by atoms with Crippen molar-refractivity contribution >= 4 is 40.6 Å². The Labute approximate surface area is 263 Å². The van der Waals surface area contributed by atoms with Gasteiger partial charge in [0.25, 0.3) is 0 Å². The number of anilines is 2. The summed E-state index contributed by atoms with van der Waals surface area (Å²) >= 11 is 5.96. The van der Waals surface area contributed by atoms with E-state index in [2.05, 4.69) is 31.2 Å². The van der Waals surface area contributed by atoms with Crippen LogP contribution < -0.4 is 20.3 Å². The molecule has 44 heavy (non-hydrogen) atoms. The van der Waals surface area contributed by atoms with E-state index in [9.17, 15) is 9.59 Å². The number of thiocarbonyl (C=S) groups is 1. The van der Waals surface area contributed by atoms with E-state index in [4.69, 9.17) is 21.7 Å². The van der Waals surface area contributed by atoms with Crippen LogP contribution in [0.3, 0.4) is 0 Å². The second-order valence-corrected chi connectivity index (χ2v) is 12.1. The van der Waals surface area contributed by atoms with E-state index >= 15 is 0 Å². The number of amides is 1. The van der Waals surface area contributed by atoms with Gasteiger partial charge >= 0.3 is 5.97 Å². The number of hydrogen-bond acceptors (Lipinski definition) is 6. The number of nitrogens with one attached hydrogen (secondary N) is 2. The van der Waals surface area contributed by atoms with Gasteiger partial charge in [0.1, 0.15) is 5.75 Å². The molecule has 1 amide bonds. The van der Waals surface area contributed by atoms with Gasteiger partial charge in [0.15, 0.2) is 5.11 Å². The Bertz CT molecular complexity index is 1730. The predicted molar refractivity (Wildman–Crippen MR) is 176 cm³/mol. The van der Waals surface area contributed by atoms with Crippen molar-refractivity contribution in [3.8, 4) is 11.4 Å². The zero-order valence-electron chi connectivity index (χ0n) is 26.0. The first-order valence-electron chi connectivity index (χ1n) is 14.3. The van der Waals surface area contributed by atoms with Gasteiger partial charge in [-0.25, -0.2) is 4.79 Å². The lowest BCUT2D eigenvalue weighted by Gasteiger charge is -2.29. The molecule has 3 heterocycles. The Morgan fingerprint density at radius 3 is 2.39 bits per heavy atom. The summed E-state index contributed by atoms with van der Waals surface area (Å²) in [6.07, 6.45) is 1.77. The summed E-state index contributed by atoms with van der Waals surface area (Å²) < 4.78 is 12.9. The number of aryl methyl sites for hydroxylation is 1. The molecule has 4 aromatic rings. The third-order valence-electron chi connectivity index (χ3n) is 7.83. The first kappa shape index (κ1) is 30.7. The largest absolute Gasteiger partial charge is 0.494 e. The highest BCUT2D eigenvalue weighted by atomic mass is 32.1. The lowest BCUT2D eigenvalue weighted by atomic mass is 9.95. The van der Waals surface area contributed by atoms with E-state index in [-0.39, 0.29) is 18.0 Å².